The Morgan fingerprint density at radius 2 is 1.50 bits per heavy atom. The van der Waals surface area contributed by atoms with Crippen molar-refractivity contribution >= 4 is 39.1 Å². The van der Waals surface area contributed by atoms with Crippen molar-refractivity contribution < 1.29 is 0 Å². The van der Waals surface area contributed by atoms with Gasteiger partial charge in [0.15, 0.2) is 0 Å². The Morgan fingerprint density at radius 1 is 0.808 bits per heavy atom. The molecular formula is C22H15ClN2O. The Morgan fingerprint density at radius 3 is 2.27 bits per heavy atom. The van der Waals surface area contributed by atoms with Crippen LogP contribution in [0.25, 0.3) is 33.1 Å². The number of rotatable bonds is 1. The zero-order valence-electron chi connectivity index (χ0n) is 14.1. The summed E-state index contributed by atoms with van der Waals surface area (Å²) in [4.78, 5) is 13.5. The summed E-state index contributed by atoms with van der Waals surface area (Å²) in [5, 5.41) is 1.68. The molecule has 0 atom stereocenters. The lowest BCUT2D eigenvalue weighted by Gasteiger charge is -2.13. The quantitative estimate of drug-likeness (QED) is 0.396. The SMILES string of the molecule is Cc1c2cc(Cl)ccc2n2c1c(=O)n(-c1ccccc1)c1ccccc12. The number of hydrogen-bond acceptors (Lipinski definition) is 1. The fraction of sp³-hybridized carbons (Fsp3) is 0.0455. The van der Waals surface area contributed by atoms with E-state index in [0.717, 1.165) is 33.2 Å². The highest BCUT2D eigenvalue weighted by atomic mass is 35.5. The van der Waals surface area contributed by atoms with Gasteiger partial charge in [-0.15, -0.1) is 0 Å². The number of fused-ring (bicyclic) bond motifs is 5. The zero-order valence-corrected chi connectivity index (χ0v) is 14.9. The van der Waals surface area contributed by atoms with Gasteiger partial charge in [0.05, 0.1) is 16.6 Å². The summed E-state index contributed by atoms with van der Waals surface area (Å²) in [6.07, 6.45) is 0. The van der Waals surface area contributed by atoms with E-state index in [1.54, 1.807) is 4.57 Å². The number of para-hydroxylation sites is 3. The van der Waals surface area contributed by atoms with Crippen LogP contribution in [0.1, 0.15) is 5.56 Å². The molecule has 26 heavy (non-hydrogen) atoms. The first-order valence-electron chi connectivity index (χ1n) is 8.46. The summed E-state index contributed by atoms with van der Waals surface area (Å²) in [7, 11) is 0. The van der Waals surface area contributed by atoms with Gasteiger partial charge >= 0.3 is 0 Å². The minimum absolute atomic E-state index is 0.0280. The second-order valence-corrected chi connectivity index (χ2v) is 6.87. The van der Waals surface area contributed by atoms with E-state index in [1.165, 1.54) is 0 Å². The van der Waals surface area contributed by atoms with Crippen LogP contribution < -0.4 is 5.56 Å². The van der Waals surface area contributed by atoms with Gasteiger partial charge in [-0.05, 0) is 55.0 Å². The van der Waals surface area contributed by atoms with Crippen molar-refractivity contribution in [2.45, 2.75) is 6.92 Å². The highest BCUT2D eigenvalue weighted by Crippen LogP contribution is 2.30. The first-order chi connectivity index (χ1) is 12.7. The van der Waals surface area contributed by atoms with Crippen molar-refractivity contribution in [1.82, 2.24) is 8.97 Å². The maximum atomic E-state index is 13.5. The first kappa shape index (κ1) is 15.2. The van der Waals surface area contributed by atoms with E-state index in [9.17, 15) is 4.79 Å². The molecule has 0 fully saturated rings. The lowest BCUT2D eigenvalue weighted by atomic mass is 10.2. The minimum atomic E-state index is -0.0280. The molecule has 0 spiro atoms. The van der Waals surface area contributed by atoms with Crippen LogP contribution in [0.2, 0.25) is 5.02 Å². The lowest BCUT2D eigenvalue weighted by Crippen LogP contribution is -2.21. The molecule has 5 rings (SSSR count). The Labute approximate surface area is 154 Å². The highest BCUT2D eigenvalue weighted by molar-refractivity contribution is 6.31. The monoisotopic (exact) mass is 358 g/mol. The molecule has 0 amide bonds. The second kappa shape index (κ2) is 5.48. The van der Waals surface area contributed by atoms with Crippen LogP contribution in [-0.2, 0) is 0 Å². The standard InChI is InChI=1S/C22H15ClN2O/c1-14-17-13-15(23)11-12-18(17)25-20-10-6-5-9-19(20)24(22(26)21(14)25)16-7-3-2-4-8-16/h2-13H,1H3. The number of hydrogen-bond donors (Lipinski definition) is 0. The van der Waals surface area contributed by atoms with Crippen LogP contribution in [-0.4, -0.2) is 8.97 Å². The molecular weight excluding hydrogens is 344 g/mol. The second-order valence-electron chi connectivity index (χ2n) is 6.44. The third-order valence-electron chi connectivity index (χ3n) is 4.97. The topological polar surface area (TPSA) is 26.4 Å². The molecule has 0 saturated heterocycles. The first-order valence-corrected chi connectivity index (χ1v) is 8.84. The third-order valence-corrected chi connectivity index (χ3v) is 5.20. The summed E-state index contributed by atoms with van der Waals surface area (Å²) in [6, 6.07) is 23.5. The van der Waals surface area contributed by atoms with Crippen molar-refractivity contribution in [3.63, 3.8) is 0 Å². The van der Waals surface area contributed by atoms with Crippen molar-refractivity contribution in [2.24, 2.45) is 0 Å². The summed E-state index contributed by atoms with van der Waals surface area (Å²) < 4.78 is 3.84. The van der Waals surface area contributed by atoms with E-state index < -0.39 is 0 Å². The van der Waals surface area contributed by atoms with E-state index in [0.29, 0.717) is 10.5 Å². The fourth-order valence-corrected chi connectivity index (χ4v) is 3.99. The molecule has 0 aliphatic heterocycles. The molecule has 0 saturated carbocycles. The van der Waals surface area contributed by atoms with Gasteiger partial charge in [-0.2, -0.15) is 0 Å². The Kier molecular flexibility index (Phi) is 3.21. The van der Waals surface area contributed by atoms with Crippen LogP contribution in [0.4, 0.5) is 0 Å². The largest absolute Gasteiger partial charge is 0.303 e. The maximum absolute atomic E-state index is 13.5. The Balaban J connectivity index is 2.12. The number of aromatic nitrogens is 2. The van der Waals surface area contributed by atoms with Crippen LogP contribution >= 0.6 is 11.6 Å². The molecule has 2 heterocycles. The maximum Gasteiger partial charge on any atom is 0.280 e. The summed E-state index contributed by atoms with van der Waals surface area (Å²) in [5.74, 6) is 0. The van der Waals surface area contributed by atoms with Crippen molar-refractivity contribution in [3.8, 4) is 5.69 Å². The summed E-state index contributed by atoms with van der Waals surface area (Å²) in [5.41, 5.74) is 5.33. The number of benzene rings is 3. The lowest BCUT2D eigenvalue weighted by molar-refractivity contribution is 1.03. The van der Waals surface area contributed by atoms with E-state index in [1.807, 2.05) is 73.7 Å². The van der Waals surface area contributed by atoms with Crippen molar-refractivity contribution in [3.05, 3.63) is 93.7 Å². The normalized spacial score (nSPS) is 11.6. The molecule has 0 radical (unpaired) electrons. The predicted molar refractivity (Wildman–Crippen MR) is 108 cm³/mol. The molecule has 3 nitrogen and oxygen atoms in total. The molecule has 0 N–H and O–H groups in total. The number of halogens is 1. The smallest absolute Gasteiger partial charge is 0.280 e. The minimum Gasteiger partial charge on any atom is -0.303 e. The Bertz CT molecular complexity index is 1360. The van der Waals surface area contributed by atoms with Gasteiger partial charge in [-0.1, -0.05) is 41.9 Å². The predicted octanol–water partition coefficient (Wildman–Crippen LogP) is 5.36. The van der Waals surface area contributed by atoms with E-state index in [2.05, 4.69) is 10.5 Å². The molecule has 3 aromatic carbocycles. The third kappa shape index (κ3) is 1.98. The molecule has 0 bridgehead atoms. The van der Waals surface area contributed by atoms with E-state index in [-0.39, 0.29) is 5.56 Å². The van der Waals surface area contributed by atoms with Gasteiger partial charge in [0.2, 0.25) is 0 Å². The zero-order chi connectivity index (χ0) is 17.8. The van der Waals surface area contributed by atoms with Crippen LogP contribution in [0, 0.1) is 6.92 Å². The van der Waals surface area contributed by atoms with Crippen molar-refractivity contribution in [2.75, 3.05) is 0 Å². The molecule has 0 aliphatic rings. The van der Waals surface area contributed by atoms with Gasteiger partial charge in [-0.25, -0.2) is 0 Å². The average Bonchev–Trinajstić information content (AvgIpc) is 2.96. The molecule has 2 aromatic heterocycles. The molecule has 126 valence electrons. The number of aryl methyl sites for hydroxylation is 1. The van der Waals surface area contributed by atoms with Gasteiger partial charge in [0.25, 0.3) is 5.56 Å². The van der Waals surface area contributed by atoms with Crippen LogP contribution in [0.15, 0.2) is 77.6 Å². The van der Waals surface area contributed by atoms with Crippen LogP contribution in [0.5, 0.6) is 0 Å². The molecule has 0 aliphatic carbocycles. The van der Waals surface area contributed by atoms with Crippen molar-refractivity contribution in [1.29, 1.82) is 0 Å². The fourth-order valence-electron chi connectivity index (χ4n) is 3.82. The average molecular weight is 359 g/mol. The Hall–Kier alpha value is -3.04. The highest BCUT2D eigenvalue weighted by Gasteiger charge is 2.18. The summed E-state index contributed by atoms with van der Waals surface area (Å²) in [6.45, 7) is 1.99. The number of nitrogens with zero attached hydrogens (tertiary/aromatic N) is 2. The molecule has 5 aromatic rings. The van der Waals surface area contributed by atoms with Gasteiger partial charge in [0, 0.05) is 16.1 Å². The van der Waals surface area contributed by atoms with E-state index >= 15 is 0 Å². The van der Waals surface area contributed by atoms with Gasteiger partial charge in [-0.3, -0.25) is 9.36 Å². The van der Waals surface area contributed by atoms with Crippen LogP contribution in [0.3, 0.4) is 0 Å². The molecule has 0 unspecified atom stereocenters. The van der Waals surface area contributed by atoms with Gasteiger partial charge < -0.3 is 4.40 Å². The molecule has 4 heteroatoms. The summed E-state index contributed by atoms with van der Waals surface area (Å²) >= 11 is 6.21. The van der Waals surface area contributed by atoms with Gasteiger partial charge in [0.1, 0.15) is 5.52 Å². The van der Waals surface area contributed by atoms with E-state index in [4.69, 9.17) is 11.6 Å².